The maximum Gasteiger partial charge on any atom is 0.138 e. The first-order valence-electron chi connectivity index (χ1n) is 6.74. The Morgan fingerprint density at radius 2 is 2.37 bits per heavy atom. The van der Waals surface area contributed by atoms with Crippen LogP contribution in [0.2, 0.25) is 0 Å². The zero-order valence-corrected chi connectivity index (χ0v) is 10.9. The van der Waals surface area contributed by atoms with Gasteiger partial charge in [-0.1, -0.05) is 0 Å². The number of hydrogen-bond donors (Lipinski definition) is 1. The molecule has 1 aromatic heterocycles. The Balaban J connectivity index is 1.62. The second kappa shape index (κ2) is 5.45. The third-order valence-electron chi connectivity index (χ3n) is 3.78. The van der Waals surface area contributed by atoms with Crippen LogP contribution < -0.4 is 4.74 Å². The van der Waals surface area contributed by atoms with Crippen molar-refractivity contribution in [3.8, 4) is 5.75 Å². The summed E-state index contributed by atoms with van der Waals surface area (Å²) < 4.78 is 17.3. The van der Waals surface area contributed by atoms with Crippen LogP contribution in [0.1, 0.15) is 25.0 Å². The summed E-state index contributed by atoms with van der Waals surface area (Å²) in [6, 6.07) is 3.63. The Labute approximate surface area is 112 Å². The largest absolute Gasteiger partial charge is 0.489 e. The Morgan fingerprint density at radius 3 is 3.05 bits per heavy atom. The SMILES string of the molecule is OCc1ccc(OC2CCOC3(CCOC3)C2)cn1. The van der Waals surface area contributed by atoms with Crippen molar-refractivity contribution in [2.24, 2.45) is 0 Å². The fraction of sp³-hybridized carbons (Fsp3) is 0.643. The van der Waals surface area contributed by atoms with Crippen LogP contribution in [-0.4, -0.2) is 41.6 Å². The smallest absolute Gasteiger partial charge is 0.138 e. The highest BCUT2D eigenvalue weighted by atomic mass is 16.6. The molecule has 5 nitrogen and oxygen atoms in total. The molecule has 1 N–H and O–H groups in total. The number of rotatable bonds is 3. The highest BCUT2D eigenvalue weighted by Gasteiger charge is 2.41. The molecule has 1 spiro atoms. The Kier molecular flexibility index (Phi) is 3.68. The van der Waals surface area contributed by atoms with E-state index in [9.17, 15) is 0 Å². The van der Waals surface area contributed by atoms with E-state index in [2.05, 4.69) is 4.98 Å². The lowest BCUT2D eigenvalue weighted by atomic mass is 9.91. The molecule has 0 aliphatic carbocycles. The topological polar surface area (TPSA) is 60.8 Å². The molecule has 5 heteroatoms. The van der Waals surface area contributed by atoms with Gasteiger partial charge in [0.1, 0.15) is 11.9 Å². The van der Waals surface area contributed by atoms with E-state index in [0.29, 0.717) is 12.3 Å². The summed E-state index contributed by atoms with van der Waals surface area (Å²) in [6.45, 7) is 2.13. The van der Waals surface area contributed by atoms with E-state index in [-0.39, 0.29) is 18.3 Å². The van der Waals surface area contributed by atoms with Crippen LogP contribution in [0.4, 0.5) is 0 Å². The molecular formula is C14H19NO4. The predicted octanol–water partition coefficient (Wildman–Crippen LogP) is 1.29. The van der Waals surface area contributed by atoms with E-state index in [1.165, 1.54) is 0 Å². The zero-order chi connectivity index (χ0) is 13.1. The highest BCUT2D eigenvalue weighted by Crippen LogP contribution is 2.34. The normalized spacial score (nSPS) is 30.7. The van der Waals surface area contributed by atoms with Gasteiger partial charge in [0.2, 0.25) is 0 Å². The average Bonchev–Trinajstić information content (AvgIpc) is 2.88. The van der Waals surface area contributed by atoms with Crippen LogP contribution in [0.3, 0.4) is 0 Å². The summed E-state index contributed by atoms with van der Waals surface area (Å²) in [5.74, 6) is 0.748. The fourth-order valence-corrected chi connectivity index (χ4v) is 2.71. The average molecular weight is 265 g/mol. The van der Waals surface area contributed by atoms with Crippen molar-refractivity contribution in [2.75, 3.05) is 19.8 Å². The first-order valence-corrected chi connectivity index (χ1v) is 6.74. The van der Waals surface area contributed by atoms with E-state index in [1.807, 2.05) is 6.07 Å². The summed E-state index contributed by atoms with van der Waals surface area (Å²) in [4.78, 5) is 4.12. The number of nitrogens with zero attached hydrogens (tertiary/aromatic N) is 1. The van der Waals surface area contributed by atoms with Gasteiger partial charge in [0.15, 0.2) is 0 Å². The van der Waals surface area contributed by atoms with E-state index < -0.39 is 0 Å². The van der Waals surface area contributed by atoms with Gasteiger partial charge >= 0.3 is 0 Å². The minimum Gasteiger partial charge on any atom is -0.489 e. The lowest BCUT2D eigenvalue weighted by Crippen LogP contribution is -2.44. The van der Waals surface area contributed by atoms with Gasteiger partial charge in [-0.2, -0.15) is 0 Å². The van der Waals surface area contributed by atoms with Gasteiger partial charge in [-0.3, -0.25) is 4.98 Å². The molecule has 3 heterocycles. The molecule has 2 aliphatic rings. The maximum atomic E-state index is 8.96. The highest BCUT2D eigenvalue weighted by molar-refractivity contribution is 5.20. The van der Waals surface area contributed by atoms with Crippen LogP contribution in [0.5, 0.6) is 5.75 Å². The summed E-state index contributed by atoms with van der Waals surface area (Å²) >= 11 is 0. The number of ether oxygens (including phenoxy) is 3. The number of aliphatic hydroxyl groups is 1. The van der Waals surface area contributed by atoms with Gasteiger partial charge in [-0.25, -0.2) is 0 Å². The van der Waals surface area contributed by atoms with Crippen molar-refractivity contribution in [3.63, 3.8) is 0 Å². The molecule has 1 aromatic rings. The van der Waals surface area contributed by atoms with E-state index >= 15 is 0 Å². The molecular weight excluding hydrogens is 246 g/mol. The minimum atomic E-state index is -0.138. The molecule has 2 atom stereocenters. The molecule has 3 rings (SSSR count). The quantitative estimate of drug-likeness (QED) is 0.892. The Morgan fingerprint density at radius 1 is 1.42 bits per heavy atom. The van der Waals surface area contributed by atoms with Crippen molar-refractivity contribution in [2.45, 2.75) is 37.6 Å². The summed E-state index contributed by atoms with van der Waals surface area (Å²) in [5, 5.41) is 8.96. The van der Waals surface area contributed by atoms with Crippen molar-refractivity contribution < 1.29 is 19.3 Å². The van der Waals surface area contributed by atoms with Gasteiger partial charge < -0.3 is 19.3 Å². The standard InChI is InChI=1S/C14H19NO4/c16-9-11-1-2-13(8-15-11)19-12-3-5-18-14(7-12)4-6-17-10-14/h1-2,8,12,16H,3-7,9-10H2. The van der Waals surface area contributed by atoms with Crippen molar-refractivity contribution >= 4 is 0 Å². The van der Waals surface area contributed by atoms with Crippen molar-refractivity contribution in [3.05, 3.63) is 24.0 Å². The molecule has 2 aliphatic heterocycles. The molecule has 0 aromatic carbocycles. The van der Waals surface area contributed by atoms with Crippen LogP contribution in [0.25, 0.3) is 0 Å². The molecule has 19 heavy (non-hydrogen) atoms. The number of aromatic nitrogens is 1. The van der Waals surface area contributed by atoms with Crippen molar-refractivity contribution in [1.29, 1.82) is 0 Å². The van der Waals surface area contributed by atoms with E-state index in [4.69, 9.17) is 19.3 Å². The monoisotopic (exact) mass is 265 g/mol. The minimum absolute atomic E-state index is 0.0437. The number of pyridine rings is 1. The number of hydrogen-bond acceptors (Lipinski definition) is 5. The van der Waals surface area contributed by atoms with Gasteiger partial charge in [0.05, 0.1) is 37.3 Å². The summed E-state index contributed by atoms with van der Waals surface area (Å²) in [7, 11) is 0. The van der Waals surface area contributed by atoms with Crippen LogP contribution >= 0.6 is 0 Å². The Hall–Kier alpha value is -1.17. The second-order valence-corrected chi connectivity index (χ2v) is 5.21. The Bertz CT molecular complexity index is 414. The lowest BCUT2D eigenvalue weighted by Gasteiger charge is -2.36. The van der Waals surface area contributed by atoms with Gasteiger partial charge in [0.25, 0.3) is 0 Å². The first kappa shape index (κ1) is 12.8. The van der Waals surface area contributed by atoms with Crippen LogP contribution in [0, 0.1) is 0 Å². The molecule has 2 saturated heterocycles. The van der Waals surface area contributed by atoms with Gasteiger partial charge in [0, 0.05) is 25.9 Å². The third-order valence-corrected chi connectivity index (χ3v) is 3.78. The lowest BCUT2D eigenvalue weighted by molar-refractivity contribution is -0.112. The van der Waals surface area contributed by atoms with Gasteiger partial charge in [-0.15, -0.1) is 0 Å². The van der Waals surface area contributed by atoms with Gasteiger partial charge in [-0.05, 0) is 12.1 Å². The number of aliphatic hydroxyl groups excluding tert-OH is 1. The first-order chi connectivity index (χ1) is 9.30. The zero-order valence-electron chi connectivity index (χ0n) is 10.9. The van der Waals surface area contributed by atoms with Crippen LogP contribution in [-0.2, 0) is 16.1 Å². The molecule has 0 amide bonds. The maximum absolute atomic E-state index is 8.96. The fourth-order valence-electron chi connectivity index (χ4n) is 2.71. The summed E-state index contributed by atoms with van der Waals surface area (Å²) in [5.41, 5.74) is 0.515. The molecule has 104 valence electrons. The van der Waals surface area contributed by atoms with E-state index in [1.54, 1.807) is 12.3 Å². The molecule has 0 saturated carbocycles. The third kappa shape index (κ3) is 2.88. The van der Waals surface area contributed by atoms with E-state index in [0.717, 1.165) is 38.2 Å². The summed E-state index contributed by atoms with van der Waals surface area (Å²) in [6.07, 6.45) is 4.53. The van der Waals surface area contributed by atoms with Crippen molar-refractivity contribution in [1.82, 2.24) is 4.98 Å². The molecule has 0 radical (unpaired) electrons. The molecule has 2 fully saturated rings. The molecule has 0 bridgehead atoms. The predicted molar refractivity (Wildman–Crippen MR) is 67.9 cm³/mol. The molecule has 2 unspecified atom stereocenters. The van der Waals surface area contributed by atoms with Crippen LogP contribution in [0.15, 0.2) is 18.3 Å². The second-order valence-electron chi connectivity index (χ2n) is 5.21.